The average Bonchev–Trinajstić information content (AvgIpc) is 3.01. The lowest BCUT2D eigenvalue weighted by molar-refractivity contribution is 0.308. The molecule has 2 aliphatic carbocycles. The van der Waals surface area contributed by atoms with Crippen LogP contribution in [-0.4, -0.2) is 12.6 Å². The van der Waals surface area contributed by atoms with Gasteiger partial charge in [-0.25, -0.2) is 4.39 Å². The molecule has 1 aromatic rings. The molecule has 1 aromatic carbocycles. The monoisotopic (exact) mass is 261 g/mol. The molecule has 2 aliphatic rings. The maximum absolute atomic E-state index is 12.8. The molecule has 2 heteroatoms. The molecule has 0 aromatic heterocycles. The van der Waals surface area contributed by atoms with Gasteiger partial charge in [0, 0.05) is 6.04 Å². The molecule has 0 aliphatic heterocycles. The zero-order chi connectivity index (χ0) is 13.2. The van der Waals surface area contributed by atoms with Crippen LogP contribution in [0.1, 0.15) is 38.2 Å². The van der Waals surface area contributed by atoms with Gasteiger partial charge >= 0.3 is 0 Å². The number of hydrogen-bond donors (Lipinski definition) is 1. The molecule has 0 spiro atoms. The number of halogens is 1. The minimum Gasteiger partial charge on any atom is -0.314 e. The molecule has 3 rings (SSSR count). The number of nitrogens with one attached hydrogen (secondary N) is 1. The van der Waals surface area contributed by atoms with Crippen molar-refractivity contribution in [1.29, 1.82) is 0 Å². The molecule has 2 bridgehead atoms. The van der Waals surface area contributed by atoms with Gasteiger partial charge in [-0.2, -0.15) is 0 Å². The molecule has 0 amide bonds. The van der Waals surface area contributed by atoms with Crippen LogP contribution in [0.4, 0.5) is 4.39 Å². The molecule has 0 saturated heterocycles. The van der Waals surface area contributed by atoms with Gasteiger partial charge in [-0.05, 0) is 74.6 Å². The third-order valence-electron chi connectivity index (χ3n) is 5.07. The van der Waals surface area contributed by atoms with E-state index in [1.165, 1.54) is 37.8 Å². The van der Waals surface area contributed by atoms with Crippen LogP contribution < -0.4 is 5.32 Å². The fraction of sp³-hybridized carbons (Fsp3) is 0.647. The standard InChI is InChI=1S/C17H24FN/c1-12(8-13-3-6-17(18)7-4-13)19-11-16-10-14-2-5-15(16)9-14/h3-4,6-7,12,14-16,19H,2,5,8-11H2,1H3. The van der Waals surface area contributed by atoms with Crippen LogP contribution >= 0.6 is 0 Å². The summed E-state index contributed by atoms with van der Waals surface area (Å²) in [5, 5.41) is 3.68. The van der Waals surface area contributed by atoms with E-state index < -0.39 is 0 Å². The van der Waals surface area contributed by atoms with Gasteiger partial charge in [-0.15, -0.1) is 0 Å². The van der Waals surface area contributed by atoms with E-state index in [1.807, 2.05) is 12.1 Å². The molecule has 104 valence electrons. The van der Waals surface area contributed by atoms with Gasteiger partial charge in [-0.3, -0.25) is 0 Å². The molecule has 0 heterocycles. The molecule has 4 atom stereocenters. The summed E-state index contributed by atoms with van der Waals surface area (Å²) in [4.78, 5) is 0. The predicted molar refractivity (Wildman–Crippen MR) is 76.5 cm³/mol. The second-order valence-corrected chi connectivity index (χ2v) is 6.57. The zero-order valence-electron chi connectivity index (χ0n) is 11.7. The Bertz CT molecular complexity index is 414. The summed E-state index contributed by atoms with van der Waals surface area (Å²) in [6.45, 7) is 3.40. The van der Waals surface area contributed by atoms with Crippen molar-refractivity contribution in [3.63, 3.8) is 0 Å². The van der Waals surface area contributed by atoms with Gasteiger partial charge in [0.1, 0.15) is 5.82 Å². The van der Waals surface area contributed by atoms with Gasteiger partial charge in [0.25, 0.3) is 0 Å². The Balaban J connectivity index is 1.44. The van der Waals surface area contributed by atoms with Crippen molar-refractivity contribution in [2.24, 2.45) is 17.8 Å². The summed E-state index contributed by atoms with van der Waals surface area (Å²) in [6, 6.07) is 7.37. The van der Waals surface area contributed by atoms with Crippen LogP contribution in [0, 0.1) is 23.6 Å². The number of fused-ring (bicyclic) bond motifs is 2. The van der Waals surface area contributed by atoms with Crippen molar-refractivity contribution < 1.29 is 4.39 Å². The Labute approximate surface area is 115 Å². The Morgan fingerprint density at radius 1 is 1.21 bits per heavy atom. The third-order valence-corrected chi connectivity index (χ3v) is 5.07. The predicted octanol–water partition coefficient (Wildman–Crippen LogP) is 3.78. The maximum Gasteiger partial charge on any atom is 0.123 e. The second kappa shape index (κ2) is 5.62. The van der Waals surface area contributed by atoms with Crippen molar-refractivity contribution >= 4 is 0 Å². The summed E-state index contributed by atoms with van der Waals surface area (Å²) in [6.07, 6.45) is 6.86. The molecular formula is C17H24FN. The van der Waals surface area contributed by atoms with Crippen molar-refractivity contribution in [3.8, 4) is 0 Å². The lowest BCUT2D eigenvalue weighted by Crippen LogP contribution is -2.34. The minimum absolute atomic E-state index is 0.147. The van der Waals surface area contributed by atoms with E-state index in [0.29, 0.717) is 6.04 Å². The van der Waals surface area contributed by atoms with Crippen LogP contribution in [0.15, 0.2) is 24.3 Å². The Kier molecular flexibility index (Phi) is 3.88. The summed E-state index contributed by atoms with van der Waals surface area (Å²) in [5.41, 5.74) is 1.22. The second-order valence-electron chi connectivity index (χ2n) is 6.57. The first kappa shape index (κ1) is 13.1. The molecule has 2 saturated carbocycles. The number of hydrogen-bond acceptors (Lipinski definition) is 1. The molecule has 1 nitrogen and oxygen atoms in total. The smallest absolute Gasteiger partial charge is 0.123 e. The normalized spacial score (nSPS) is 30.7. The first-order chi connectivity index (χ1) is 9.20. The highest BCUT2D eigenvalue weighted by molar-refractivity contribution is 5.17. The highest BCUT2D eigenvalue weighted by atomic mass is 19.1. The molecule has 19 heavy (non-hydrogen) atoms. The summed E-state index contributed by atoms with van der Waals surface area (Å²) in [5.74, 6) is 2.79. The van der Waals surface area contributed by atoms with Crippen molar-refractivity contribution in [2.45, 2.75) is 45.1 Å². The van der Waals surface area contributed by atoms with Gasteiger partial charge < -0.3 is 5.32 Å². The first-order valence-electron chi connectivity index (χ1n) is 7.68. The fourth-order valence-corrected chi connectivity index (χ4v) is 4.03. The quantitative estimate of drug-likeness (QED) is 0.850. The summed E-state index contributed by atoms with van der Waals surface area (Å²) >= 11 is 0. The van der Waals surface area contributed by atoms with Gasteiger partial charge in [-0.1, -0.05) is 18.6 Å². The molecule has 2 fully saturated rings. The Morgan fingerprint density at radius 3 is 2.63 bits per heavy atom. The summed E-state index contributed by atoms with van der Waals surface area (Å²) < 4.78 is 12.8. The van der Waals surface area contributed by atoms with Crippen LogP contribution in [0.5, 0.6) is 0 Å². The lowest BCUT2D eigenvalue weighted by atomic mass is 9.88. The third kappa shape index (κ3) is 3.17. The topological polar surface area (TPSA) is 12.0 Å². The van der Waals surface area contributed by atoms with Crippen LogP contribution in [-0.2, 0) is 6.42 Å². The van der Waals surface area contributed by atoms with Crippen molar-refractivity contribution in [3.05, 3.63) is 35.6 Å². The Morgan fingerprint density at radius 2 is 2.00 bits per heavy atom. The fourth-order valence-electron chi connectivity index (χ4n) is 4.03. The van der Waals surface area contributed by atoms with E-state index in [9.17, 15) is 4.39 Å². The van der Waals surface area contributed by atoms with E-state index >= 15 is 0 Å². The highest BCUT2D eigenvalue weighted by Gasteiger charge is 2.38. The first-order valence-corrected chi connectivity index (χ1v) is 7.68. The Hall–Kier alpha value is -0.890. The van der Waals surface area contributed by atoms with Crippen molar-refractivity contribution in [1.82, 2.24) is 5.32 Å². The molecular weight excluding hydrogens is 237 g/mol. The van der Waals surface area contributed by atoms with E-state index in [-0.39, 0.29) is 5.82 Å². The molecule has 4 unspecified atom stereocenters. The van der Waals surface area contributed by atoms with Crippen LogP contribution in [0.2, 0.25) is 0 Å². The van der Waals surface area contributed by atoms with E-state index in [4.69, 9.17) is 0 Å². The lowest BCUT2D eigenvalue weighted by Gasteiger charge is -2.24. The van der Waals surface area contributed by atoms with Gasteiger partial charge in [0.15, 0.2) is 0 Å². The number of benzene rings is 1. The zero-order valence-corrected chi connectivity index (χ0v) is 11.7. The SMILES string of the molecule is CC(Cc1ccc(F)cc1)NCC1CC2CCC1C2. The molecule has 0 radical (unpaired) electrons. The van der Waals surface area contributed by atoms with E-state index in [2.05, 4.69) is 12.2 Å². The van der Waals surface area contributed by atoms with E-state index in [1.54, 1.807) is 12.1 Å². The minimum atomic E-state index is -0.147. The maximum atomic E-state index is 12.8. The van der Waals surface area contributed by atoms with Crippen molar-refractivity contribution in [2.75, 3.05) is 6.54 Å². The van der Waals surface area contributed by atoms with Crippen LogP contribution in [0.25, 0.3) is 0 Å². The summed E-state index contributed by atoms with van der Waals surface area (Å²) in [7, 11) is 0. The largest absolute Gasteiger partial charge is 0.314 e. The number of rotatable bonds is 5. The average molecular weight is 261 g/mol. The van der Waals surface area contributed by atoms with Gasteiger partial charge in [0.2, 0.25) is 0 Å². The van der Waals surface area contributed by atoms with E-state index in [0.717, 1.165) is 24.2 Å². The molecule has 1 N–H and O–H groups in total. The van der Waals surface area contributed by atoms with Crippen LogP contribution in [0.3, 0.4) is 0 Å². The highest BCUT2D eigenvalue weighted by Crippen LogP contribution is 2.47. The van der Waals surface area contributed by atoms with Gasteiger partial charge in [0.05, 0.1) is 0 Å².